The van der Waals surface area contributed by atoms with Crippen LogP contribution >= 0.6 is 23.2 Å². The normalized spacial score (nSPS) is 10.5. The number of anilines is 1. The van der Waals surface area contributed by atoms with E-state index < -0.39 is 24.5 Å². The van der Waals surface area contributed by atoms with Crippen LogP contribution in [0.1, 0.15) is 44.7 Å². The lowest BCUT2D eigenvalue weighted by atomic mass is 10.1. The topological polar surface area (TPSA) is 110 Å². The molecule has 150 valence electrons. The molecular weight excluding hydrogens is 409 g/mol. The van der Waals surface area contributed by atoms with Gasteiger partial charge in [-0.05, 0) is 39.3 Å². The number of carbonyl (C=O) groups is 3. The van der Waals surface area contributed by atoms with E-state index in [0.29, 0.717) is 22.0 Å². The number of hydrogen-bond acceptors (Lipinski definition) is 6. The molecule has 0 fully saturated rings. The Morgan fingerprint density at radius 3 is 2.43 bits per heavy atom. The summed E-state index contributed by atoms with van der Waals surface area (Å²) in [7, 11) is 0. The van der Waals surface area contributed by atoms with Crippen molar-refractivity contribution < 1.29 is 23.9 Å². The number of amides is 1. The van der Waals surface area contributed by atoms with Gasteiger partial charge in [0, 0.05) is 5.69 Å². The molecular formula is C18H19Cl2N3O5. The number of ether oxygens (including phenoxy) is 2. The fourth-order valence-corrected chi connectivity index (χ4v) is 2.89. The molecule has 0 saturated carbocycles. The van der Waals surface area contributed by atoms with Gasteiger partial charge in [0.1, 0.15) is 5.69 Å². The first kappa shape index (κ1) is 21.7. The summed E-state index contributed by atoms with van der Waals surface area (Å²) in [5.41, 5.74) is 1.66. The Morgan fingerprint density at radius 2 is 1.79 bits per heavy atom. The number of aryl methyl sites for hydroxylation is 2. The Hall–Kier alpha value is -2.58. The van der Waals surface area contributed by atoms with Crippen LogP contribution in [-0.2, 0) is 14.3 Å². The summed E-state index contributed by atoms with van der Waals surface area (Å²) < 4.78 is 9.99. The summed E-state index contributed by atoms with van der Waals surface area (Å²) in [5.74, 6) is -1.83. The average molecular weight is 428 g/mol. The molecule has 0 atom stereocenters. The molecule has 2 rings (SSSR count). The van der Waals surface area contributed by atoms with Gasteiger partial charge in [-0.1, -0.05) is 23.2 Å². The molecule has 1 amide bonds. The van der Waals surface area contributed by atoms with Gasteiger partial charge >= 0.3 is 11.9 Å². The van der Waals surface area contributed by atoms with Gasteiger partial charge in [-0.3, -0.25) is 4.79 Å². The number of nitrogens with zero attached hydrogens (tertiary/aromatic N) is 1. The SMILES string of the molecule is CCOC(=O)c1[nH]c(C)c(C(=O)OCC(=O)Nc2nc(C)c(Cl)cc2Cl)c1C. The van der Waals surface area contributed by atoms with E-state index in [4.69, 9.17) is 32.7 Å². The van der Waals surface area contributed by atoms with Crippen LogP contribution in [0.5, 0.6) is 0 Å². The van der Waals surface area contributed by atoms with Crippen LogP contribution < -0.4 is 5.32 Å². The van der Waals surface area contributed by atoms with Crippen LogP contribution in [0, 0.1) is 20.8 Å². The lowest BCUT2D eigenvalue weighted by Crippen LogP contribution is -2.22. The van der Waals surface area contributed by atoms with Crippen molar-refractivity contribution in [3.05, 3.63) is 44.3 Å². The van der Waals surface area contributed by atoms with E-state index in [2.05, 4.69) is 15.3 Å². The van der Waals surface area contributed by atoms with Gasteiger partial charge in [0.25, 0.3) is 5.91 Å². The van der Waals surface area contributed by atoms with Crippen LogP contribution in [0.2, 0.25) is 10.0 Å². The van der Waals surface area contributed by atoms with Gasteiger partial charge in [0.2, 0.25) is 0 Å². The number of halogens is 2. The highest BCUT2D eigenvalue weighted by atomic mass is 35.5. The third-order valence-corrected chi connectivity index (χ3v) is 4.49. The Balaban J connectivity index is 2.05. The molecule has 0 aliphatic heterocycles. The predicted molar refractivity (Wildman–Crippen MR) is 104 cm³/mol. The van der Waals surface area contributed by atoms with Crippen molar-refractivity contribution in [1.82, 2.24) is 9.97 Å². The summed E-state index contributed by atoms with van der Waals surface area (Å²) in [6.45, 7) is 6.20. The summed E-state index contributed by atoms with van der Waals surface area (Å²) in [5, 5.41) is 2.98. The molecule has 0 unspecified atom stereocenters. The molecule has 2 aromatic heterocycles. The van der Waals surface area contributed by atoms with Crippen molar-refractivity contribution in [2.75, 3.05) is 18.5 Å². The Bertz CT molecular complexity index is 940. The van der Waals surface area contributed by atoms with E-state index in [0.717, 1.165) is 0 Å². The van der Waals surface area contributed by atoms with Crippen molar-refractivity contribution in [2.45, 2.75) is 27.7 Å². The fraction of sp³-hybridized carbons (Fsp3) is 0.333. The number of aromatic amines is 1. The minimum Gasteiger partial charge on any atom is -0.461 e. The third kappa shape index (κ3) is 4.82. The maximum absolute atomic E-state index is 12.4. The van der Waals surface area contributed by atoms with Gasteiger partial charge in [0.15, 0.2) is 12.4 Å². The quantitative estimate of drug-likeness (QED) is 0.681. The number of carbonyl (C=O) groups excluding carboxylic acids is 3. The smallest absolute Gasteiger partial charge is 0.355 e. The van der Waals surface area contributed by atoms with E-state index >= 15 is 0 Å². The molecule has 2 heterocycles. The van der Waals surface area contributed by atoms with E-state index in [1.807, 2.05) is 0 Å². The van der Waals surface area contributed by atoms with E-state index in [1.165, 1.54) is 6.07 Å². The average Bonchev–Trinajstić information content (AvgIpc) is 2.92. The largest absolute Gasteiger partial charge is 0.461 e. The summed E-state index contributed by atoms with van der Waals surface area (Å²) in [4.78, 5) is 43.2. The molecule has 0 aliphatic carbocycles. The minimum absolute atomic E-state index is 0.114. The van der Waals surface area contributed by atoms with Gasteiger partial charge in [-0.15, -0.1) is 0 Å². The number of aromatic nitrogens is 2. The molecule has 2 N–H and O–H groups in total. The second-order valence-electron chi connectivity index (χ2n) is 5.86. The number of esters is 2. The molecule has 2 aromatic rings. The van der Waals surface area contributed by atoms with Crippen molar-refractivity contribution in [1.29, 1.82) is 0 Å². The van der Waals surface area contributed by atoms with Gasteiger partial charge in [-0.25, -0.2) is 14.6 Å². The number of pyridine rings is 1. The van der Waals surface area contributed by atoms with Crippen LogP contribution in [0.25, 0.3) is 0 Å². The maximum atomic E-state index is 12.4. The number of nitrogens with one attached hydrogen (secondary N) is 2. The number of H-pyrrole nitrogens is 1. The van der Waals surface area contributed by atoms with Gasteiger partial charge in [0.05, 0.1) is 27.9 Å². The molecule has 0 aromatic carbocycles. The van der Waals surface area contributed by atoms with Gasteiger partial charge in [-0.2, -0.15) is 0 Å². The fourth-order valence-electron chi connectivity index (χ4n) is 2.48. The van der Waals surface area contributed by atoms with Crippen molar-refractivity contribution in [2.24, 2.45) is 0 Å². The Labute approximate surface area is 171 Å². The number of hydrogen-bond donors (Lipinski definition) is 2. The van der Waals surface area contributed by atoms with E-state index in [-0.39, 0.29) is 28.7 Å². The Morgan fingerprint density at radius 1 is 1.11 bits per heavy atom. The van der Waals surface area contributed by atoms with Crippen LogP contribution in [0.4, 0.5) is 5.82 Å². The highest BCUT2D eigenvalue weighted by Crippen LogP contribution is 2.25. The highest BCUT2D eigenvalue weighted by Gasteiger charge is 2.24. The molecule has 8 nitrogen and oxygen atoms in total. The first-order valence-corrected chi connectivity index (χ1v) is 9.07. The van der Waals surface area contributed by atoms with E-state index in [9.17, 15) is 14.4 Å². The molecule has 0 bridgehead atoms. The first-order chi connectivity index (χ1) is 13.1. The van der Waals surface area contributed by atoms with Crippen LogP contribution in [-0.4, -0.2) is 41.0 Å². The summed E-state index contributed by atoms with van der Waals surface area (Å²) >= 11 is 11.9. The predicted octanol–water partition coefficient (Wildman–Crippen LogP) is 3.61. The lowest BCUT2D eigenvalue weighted by Gasteiger charge is -2.09. The van der Waals surface area contributed by atoms with Gasteiger partial charge < -0.3 is 19.8 Å². The zero-order chi connectivity index (χ0) is 21.0. The van der Waals surface area contributed by atoms with Crippen LogP contribution in [0.3, 0.4) is 0 Å². The molecule has 28 heavy (non-hydrogen) atoms. The number of rotatable bonds is 6. The minimum atomic E-state index is -0.747. The zero-order valence-electron chi connectivity index (χ0n) is 15.7. The standard InChI is InChI=1S/C18H19Cl2N3O5/c1-5-27-18(26)15-8(2)14(10(4)21-15)17(25)28-7-13(24)23-16-12(20)6-11(19)9(3)22-16/h6,21H,5,7H2,1-4H3,(H,22,23,24). The van der Waals surface area contributed by atoms with Crippen LogP contribution in [0.15, 0.2) is 6.07 Å². The molecule has 0 saturated heterocycles. The zero-order valence-corrected chi connectivity index (χ0v) is 17.2. The molecule has 0 spiro atoms. The van der Waals surface area contributed by atoms with Crippen molar-refractivity contribution in [3.8, 4) is 0 Å². The summed E-state index contributed by atoms with van der Waals surface area (Å²) in [6.07, 6.45) is 0. The molecule has 0 aliphatic rings. The first-order valence-electron chi connectivity index (χ1n) is 8.31. The highest BCUT2D eigenvalue weighted by molar-refractivity contribution is 6.36. The van der Waals surface area contributed by atoms with Crippen molar-refractivity contribution in [3.63, 3.8) is 0 Å². The molecule has 0 radical (unpaired) electrons. The second kappa shape index (κ2) is 9.07. The Kier molecular flexibility index (Phi) is 7.04. The molecule has 10 heteroatoms. The maximum Gasteiger partial charge on any atom is 0.355 e. The van der Waals surface area contributed by atoms with E-state index in [1.54, 1.807) is 27.7 Å². The lowest BCUT2D eigenvalue weighted by molar-refractivity contribution is -0.119. The second-order valence-corrected chi connectivity index (χ2v) is 6.67. The van der Waals surface area contributed by atoms with Crippen molar-refractivity contribution >= 4 is 46.9 Å². The third-order valence-electron chi connectivity index (χ3n) is 3.82. The monoisotopic (exact) mass is 427 g/mol. The summed E-state index contributed by atoms with van der Waals surface area (Å²) in [6, 6.07) is 1.45.